The zero-order chi connectivity index (χ0) is 19.1. The molecule has 1 fully saturated rings. The van der Waals surface area contributed by atoms with Crippen molar-refractivity contribution in [3.63, 3.8) is 0 Å². The number of nitrogens with zero attached hydrogens (tertiary/aromatic N) is 1. The third-order valence-electron chi connectivity index (χ3n) is 4.43. The predicted octanol–water partition coefficient (Wildman–Crippen LogP) is 1.26. The number of halogens is 1. The molecule has 2 aliphatic heterocycles. The molecular formula is C17H20ClN3O5. The second-order valence-electron chi connectivity index (χ2n) is 6.81. The van der Waals surface area contributed by atoms with Gasteiger partial charge >= 0.3 is 6.03 Å². The third kappa shape index (κ3) is 3.82. The number of amides is 4. The number of urea groups is 1. The van der Waals surface area contributed by atoms with Crippen LogP contribution in [0.25, 0.3) is 0 Å². The molecule has 0 spiro atoms. The standard InChI is InChI=1S/C17H20ClN3O5/c1-17(2)25-8-13(26-17)12(14(22)20-16(19)24)7-21-6-9-3-4-10(18)5-11(9)15(21)23/h3-5,12-13H,6-8H2,1-2H3,(H3,19,20,22,24)/t12?,13-/m1/s1. The fourth-order valence-corrected chi connectivity index (χ4v) is 3.39. The van der Waals surface area contributed by atoms with E-state index in [1.54, 1.807) is 32.0 Å². The summed E-state index contributed by atoms with van der Waals surface area (Å²) in [5, 5.41) is 2.54. The lowest BCUT2D eigenvalue weighted by molar-refractivity contribution is -0.151. The first-order valence-electron chi connectivity index (χ1n) is 8.16. The number of hydrogen-bond donors (Lipinski definition) is 2. The van der Waals surface area contributed by atoms with E-state index in [1.807, 2.05) is 0 Å². The number of nitrogens with two attached hydrogens (primary N) is 1. The van der Waals surface area contributed by atoms with Crippen LogP contribution in [0.1, 0.15) is 29.8 Å². The van der Waals surface area contributed by atoms with Crippen LogP contribution >= 0.6 is 11.6 Å². The SMILES string of the molecule is CC1(C)OC[C@H](C(CN2Cc3ccc(Cl)cc3C2=O)C(=O)NC(N)=O)O1. The Kier molecular flexibility index (Phi) is 4.92. The number of hydrogen-bond acceptors (Lipinski definition) is 5. The number of carbonyl (C=O) groups is 3. The van der Waals surface area contributed by atoms with E-state index in [4.69, 9.17) is 26.8 Å². The average Bonchev–Trinajstić information content (AvgIpc) is 3.04. The average molecular weight is 382 g/mol. The molecule has 0 aliphatic carbocycles. The van der Waals surface area contributed by atoms with Crippen LogP contribution < -0.4 is 11.1 Å². The molecule has 8 nitrogen and oxygen atoms in total. The molecule has 3 rings (SSSR count). The van der Waals surface area contributed by atoms with Gasteiger partial charge in [0.15, 0.2) is 5.79 Å². The van der Waals surface area contributed by atoms with Crippen molar-refractivity contribution in [3.8, 4) is 0 Å². The number of benzene rings is 1. The summed E-state index contributed by atoms with van der Waals surface area (Å²) in [5.41, 5.74) is 6.41. The maximum atomic E-state index is 12.6. The zero-order valence-corrected chi connectivity index (χ0v) is 15.2. The molecule has 2 heterocycles. The van der Waals surface area contributed by atoms with E-state index in [2.05, 4.69) is 5.32 Å². The molecule has 1 saturated heterocycles. The third-order valence-corrected chi connectivity index (χ3v) is 4.67. The minimum Gasteiger partial charge on any atom is -0.351 e. The fourth-order valence-electron chi connectivity index (χ4n) is 3.22. The molecule has 1 aromatic carbocycles. The van der Waals surface area contributed by atoms with Crippen LogP contribution in [0.5, 0.6) is 0 Å². The molecule has 2 aliphatic rings. The van der Waals surface area contributed by atoms with Gasteiger partial charge in [0, 0.05) is 23.7 Å². The Morgan fingerprint density at radius 2 is 2.19 bits per heavy atom. The van der Waals surface area contributed by atoms with Gasteiger partial charge in [0.05, 0.1) is 18.6 Å². The molecular weight excluding hydrogens is 362 g/mol. The van der Waals surface area contributed by atoms with E-state index in [9.17, 15) is 14.4 Å². The molecule has 140 valence electrons. The Hall–Kier alpha value is -2.16. The molecule has 9 heteroatoms. The van der Waals surface area contributed by atoms with Gasteiger partial charge in [-0.2, -0.15) is 0 Å². The van der Waals surface area contributed by atoms with E-state index in [-0.39, 0.29) is 19.1 Å². The van der Waals surface area contributed by atoms with Crippen LogP contribution in [-0.2, 0) is 20.8 Å². The lowest BCUT2D eigenvalue weighted by Gasteiger charge is -2.27. The highest BCUT2D eigenvalue weighted by molar-refractivity contribution is 6.31. The quantitative estimate of drug-likeness (QED) is 0.815. The van der Waals surface area contributed by atoms with E-state index in [0.717, 1.165) is 5.56 Å². The molecule has 1 unspecified atom stereocenters. The van der Waals surface area contributed by atoms with Crippen LogP contribution in [0, 0.1) is 5.92 Å². The van der Waals surface area contributed by atoms with E-state index >= 15 is 0 Å². The van der Waals surface area contributed by atoms with Gasteiger partial charge < -0.3 is 20.1 Å². The van der Waals surface area contributed by atoms with Crippen molar-refractivity contribution in [2.75, 3.05) is 13.2 Å². The number of primary amides is 1. The predicted molar refractivity (Wildman–Crippen MR) is 92.3 cm³/mol. The van der Waals surface area contributed by atoms with Gasteiger partial charge in [0.25, 0.3) is 5.91 Å². The van der Waals surface area contributed by atoms with Gasteiger partial charge in [0.1, 0.15) is 0 Å². The van der Waals surface area contributed by atoms with Crippen molar-refractivity contribution in [1.29, 1.82) is 0 Å². The van der Waals surface area contributed by atoms with Crippen LogP contribution in [0.2, 0.25) is 5.02 Å². The summed E-state index contributed by atoms with van der Waals surface area (Å²) in [6.07, 6.45) is -0.607. The molecule has 3 N–H and O–H groups in total. The van der Waals surface area contributed by atoms with Crippen LogP contribution in [0.4, 0.5) is 4.79 Å². The van der Waals surface area contributed by atoms with Crippen molar-refractivity contribution in [3.05, 3.63) is 34.3 Å². The summed E-state index contributed by atoms with van der Waals surface area (Å²) in [7, 11) is 0. The van der Waals surface area contributed by atoms with Gasteiger partial charge in [-0.15, -0.1) is 0 Å². The monoisotopic (exact) mass is 381 g/mol. The summed E-state index contributed by atoms with van der Waals surface area (Å²) in [5.74, 6) is -2.48. The minimum atomic E-state index is -0.957. The number of rotatable bonds is 4. The van der Waals surface area contributed by atoms with E-state index in [0.29, 0.717) is 17.1 Å². The summed E-state index contributed by atoms with van der Waals surface area (Å²) < 4.78 is 11.3. The summed E-state index contributed by atoms with van der Waals surface area (Å²) in [6.45, 7) is 4.05. The van der Waals surface area contributed by atoms with Crippen LogP contribution in [0.15, 0.2) is 18.2 Å². The topological polar surface area (TPSA) is 111 Å². The minimum absolute atomic E-state index is 0.0638. The van der Waals surface area contributed by atoms with Gasteiger partial charge in [-0.3, -0.25) is 14.9 Å². The molecule has 0 radical (unpaired) electrons. The summed E-state index contributed by atoms with van der Waals surface area (Å²) in [4.78, 5) is 37.7. The highest BCUT2D eigenvalue weighted by atomic mass is 35.5. The highest BCUT2D eigenvalue weighted by Gasteiger charge is 2.43. The Balaban J connectivity index is 1.79. The lowest BCUT2D eigenvalue weighted by Crippen LogP contribution is -2.48. The number of carbonyl (C=O) groups excluding carboxylic acids is 3. The first-order chi connectivity index (χ1) is 12.2. The molecule has 26 heavy (non-hydrogen) atoms. The Morgan fingerprint density at radius 3 is 2.81 bits per heavy atom. The Labute approximate surface area is 155 Å². The number of nitrogens with one attached hydrogen (secondary N) is 1. The zero-order valence-electron chi connectivity index (χ0n) is 14.5. The number of imide groups is 1. The maximum absolute atomic E-state index is 12.6. The van der Waals surface area contributed by atoms with Gasteiger partial charge in [-0.25, -0.2) is 4.79 Å². The van der Waals surface area contributed by atoms with Crippen molar-refractivity contribution < 1.29 is 23.9 Å². The fraction of sp³-hybridized carbons (Fsp3) is 0.471. The van der Waals surface area contributed by atoms with Crippen molar-refractivity contribution in [2.24, 2.45) is 11.7 Å². The molecule has 0 aromatic heterocycles. The van der Waals surface area contributed by atoms with Crippen LogP contribution in [-0.4, -0.2) is 47.8 Å². The van der Waals surface area contributed by atoms with Gasteiger partial charge in [0.2, 0.25) is 5.91 Å². The van der Waals surface area contributed by atoms with E-state index in [1.165, 1.54) is 4.90 Å². The normalized spacial score (nSPS) is 22.2. The second-order valence-corrected chi connectivity index (χ2v) is 7.25. The number of fused-ring (bicyclic) bond motifs is 1. The molecule has 0 bridgehead atoms. The maximum Gasteiger partial charge on any atom is 0.318 e. The molecule has 2 atom stereocenters. The largest absolute Gasteiger partial charge is 0.351 e. The highest BCUT2D eigenvalue weighted by Crippen LogP contribution is 2.30. The molecule has 1 aromatic rings. The summed E-state index contributed by atoms with van der Waals surface area (Å²) in [6, 6.07) is 4.15. The van der Waals surface area contributed by atoms with E-state index < -0.39 is 29.7 Å². The Bertz CT molecular complexity index is 767. The Morgan fingerprint density at radius 1 is 1.46 bits per heavy atom. The van der Waals surface area contributed by atoms with Crippen LogP contribution in [0.3, 0.4) is 0 Å². The van der Waals surface area contributed by atoms with Gasteiger partial charge in [-0.1, -0.05) is 17.7 Å². The lowest BCUT2D eigenvalue weighted by atomic mass is 10.0. The van der Waals surface area contributed by atoms with Gasteiger partial charge in [-0.05, 0) is 31.5 Å². The van der Waals surface area contributed by atoms with Crippen molar-refractivity contribution >= 4 is 29.4 Å². The smallest absolute Gasteiger partial charge is 0.318 e. The first kappa shape index (κ1) is 18.6. The number of ether oxygens (including phenoxy) is 2. The molecule has 0 saturated carbocycles. The summed E-state index contributed by atoms with van der Waals surface area (Å²) >= 11 is 5.96. The van der Waals surface area contributed by atoms with Crippen molar-refractivity contribution in [2.45, 2.75) is 32.3 Å². The molecule has 4 amide bonds. The second kappa shape index (κ2) is 6.86. The first-order valence-corrected chi connectivity index (χ1v) is 8.54. The van der Waals surface area contributed by atoms with Crippen molar-refractivity contribution in [1.82, 2.24) is 10.2 Å².